The van der Waals surface area contributed by atoms with Gasteiger partial charge in [0.2, 0.25) is 17.7 Å². The lowest BCUT2D eigenvalue weighted by atomic mass is 9.83. The number of fused-ring (bicyclic) bond motifs is 2. The number of nitrogens with one attached hydrogen (secondary N) is 2. The highest BCUT2D eigenvalue weighted by molar-refractivity contribution is 6.03. The number of carbonyl (C=O) groups is 3. The highest BCUT2D eigenvalue weighted by atomic mass is 19.1. The predicted molar refractivity (Wildman–Crippen MR) is 199 cm³/mol. The molecule has 1 unspecified atom stereocenters. The minimum atomic E-state index is -1.11. The number of piperidine rings is 2. The number of benzene rings is 1. The summed E-state index contributed by atoms with van der Waals surface area (Å²) in [6.45, 7) is 3.72. The number of alkyl halides is 1. The standard InChI is InChI=1S/C39H44FN9O5/c1-22-6-4-8-29(41-22)36(51)42-32-18-24-20-48(45-34(24)38(43-32)54-3)25-12-10-23(11-13-25)19-47-17-16-26(28(40)21-47)27-7-5-9-30-35(27)46(2)39(53)49(30)31-14-15-33(50)44-37(31)52/h4-9,18,20,23,25-26,28,31H,10-17,19,21H2,1-3H3,(H,42,51)(H,44,50,52)/t23-,25-,26-,28+,31?/m0/s1. The molecule has 6 heterocycles. The van der Waals surface area contributed by atoms with Gasteiger partial charge in [0.1, 0.15) is 23.7 Å². The molecule has 3 amide bonds. The molecule has 282 valence electrons. The van der Waals surface area contributed by atoms with Gasteiger partial charge in [-0.3, -0.25) is 33.5 Å². The number of amides is 3. The van der Waals surface area contributed by atoms with Crippen LogP contribution in [0, 0.1) is 12.8 Å². The molecule has 3 aliphatic rings. The first-order valence-electron chi connectivity index (χ1n) is 18.7. The van der Waals surface area contributed by atoms with Crippen molar-refractivity contribution in [2.24, 2.45) is 13.0 Å². The normalized spacial score (nSPS) is 23.8. The zero-order chi connectivity index (χ0) is 37.7. The van der Waals surface area contributed by atoms with Gasteiger partial charge < -0.3 is 15.0 Å². The number of carbonyl (C=O) groups excluding carboxylic acids is 3. The van der Waals surface area contributed by atoms with Crippen LogP contribution in [0.25, 0.3) is 21.9 Å². The van der Waals surface area contributed by atoms with Gasteiger partial charge in [-0.2, -0.15) is 10.1 Å². The van der Waals surface area contributed by atoms with Crippen molar-refractivity contribution >= 4 is 45.5 Å². The van der Waals surface area contributed by atoms with E-state index in [0.717, 1.165) is 55.4 Å². The molecule has 15 heteroatoms. The molecule has 0 radical (unpaired) electrons. The lowest BCUT2D eigenvalue weighted by Crippen LogP contribution is -2.44. The number of hydrogen-bond acceptors (Lipinski definition) is 9. The van der Waals surface area contributed by atoms with Gasteiger partial charge in [-0.25, -0.2) is 14.2 Å². The first-order chi connectivity index (χ1) is 26.1. The third-order valence-corrected chi connectivity index (χ3v) is 11.4. The van der Waals surface area contributed by atoms with Gasteiger partial charge >= 0.3 is 5.69 Å². The lowest BCUT2D eigenvalue weighted by molar-refractivity contribution is -0.135. The maximum absolute atomic E-state index is 16.1. The molecule has 54 heavy (non-hydrogen) atoms. The zero-order valence-electron chi connectivity index (χ0n) is 30.6. The van der Waals surface area contributed by atoms with E-state index >= 15 is 4.39 Å². The van der Waals surface area contributed by atoms with Crippen LogP contribution in [-0.4, -0.2) is 84.4 Å². The molecule has 2 N–H and O–H groups in total. The molecule has 0 bridgehead atoms. The van der Waals surface area contributed by atoms with E-state index in [4.69, 9.17) is 9.84 Å². The first-order valence-corrected chi connectivity index (χ1v) is 18.7. The molecule has 8 rings (SSSR count). The molecule has 14 nitrogen and oxygen atoms in total. The predicted octanol–water partition coefficient (Wildman–Crippen LogP) is 4.59. The summed E-state index contributed by atoms with van der Waals surface area (Å²) >= 11 is 0. The van der Waals surface area contributed by atoms with Crippen LogP contribution in [0.4, 0.5) is 10.2 Å². The number of rotatable bonds is 8. The van der Waals surface area contributed by atoms with Crippen molar-refractivity contribution < 1.29 is 23.5 Å². The molecular formula is C39H44FN9O5. The largest absolute Gasteiger partial charge is 0.479 e. The van der Waals surface area contributed by atoms with E-state index in [0.29, 0.717) is 52.8 Å². The number of hydrogen-bond donors (Lipinski definition) is 2. The first kappa shape index (κ1) is 35.6. The fraction of sp³-hybridized carbons (Fsp3) is 0.462. The number of ether oxygens (including phenoxy) is 1. The lowest BCUT2D eigenvalue weighted by Gasteiger charge is -2.38. The van der Waals surface area contributed by atoms with Crippen LogP contribution in [0.2, 0.25) is 0 Å². The maximum atomic E-state index is 16.1. The number of methoxy groups -OCH3 is 1. The van der Waals surface area contributed by atoms with Gasteiger partial charge in [-0.15, -0.1) is 0 Å². The number of aromatic nitrogens is 6. The van der Waals surface area contributed by atoms with Crippen LogP contribution >= 0.6 is 0 Å². The van der Waals surface area contributed by atoms with Crippen LogP contribution in [0.5, 0.6) is 5.88 Å². The van der Waals surface area contributed by atoms with Crippen molar-refractivity contribution in [1.82, 2.24) is 39.1 Å². The third-order valence-electron chi connectivity index (χ3n) is 11.4. The van der Waals surface area contributed by atoms with E-state index in [1.165, 1.54) is 16.2 Å². The van der Waals surface area contributed by atoms with E-state index in [-0.39, 0.29) is 42.3 Å². The van der Waals surface area contributed by atoms with Gasteiger partial charge in [0.15, 0.2) is 5.52 Å². The summed E-state index contributed by atoms with van der Waals surface area (Å²) in [5.41, 5.74) is 3.35. The topological polar surface area (TPSA) is 158 Å². The maximum Gasteiger partial charge on any atom is 0.329 e. The molecule has 1 saturated carbocycles. The Morgan fingerprint density at radius 3 is 2.57 bits per heavy atom. The average Bonchev–Trinajstić information content (AvgIpc) is 3.70. The summed E-state index contributed by atoms with van der Waals surface area (Å²) in [5.74, 6) is -0.425. The zero-order valence-corrected chi connectivity index (χ0v) is 30.6. The van der Waals surface area contributed by atoms with Crippen LogP contribution in [-0.2, 0) is 16.6 Å². The van der Waals surface area contributed by atoms with E-state index in [1.54, 1.807) is 31.3 Å². The van der Waals surface area contributed by atoms with Crippen molar-refractivity contribution in [3.05, 3.63) is 76.1 Å². The molecular weight excluding hydrogens is 693 g/mol. The van der Waals surface area contributed by atoms with Crippen molar-refractivity contribution in [1.29, 1.82) is 0 Å². The Kier molecular flexibility index (Phi) is 9.50. The number of likely N-dealkylation sites (tertiary alicyclic amines) is 1. The number of aryl methyl sites for hydroxylation is 2. The Morgan fingerprint density at radius 1 is 1.04 bits per heavy atom. The van der Waals surface area contributed by atoms with Crippen LogP contribution in [0.3, 0.4) is 0 Å². The fourth-order valence-electron chi connectivity index (χ4n) is 8.70. The minimum Gasteiger partial charge on any atom is -0.479 e. The minimum absolute atomic E-state index is 0.162. The summed E-state index contributed by atoms with van der Waals surface area (Å²) in [6, 6.07) is 12.0. The summed E-state index contributed by atoms with van der Waals surface area (Å²) in [4.78, 5) is 61.7. The quantitative estimate of drug-likeness (QED) is 0.218. The van der Waals surface area contributed by atoms with Crippen molar-refractivity contribution in [3.63, 3.8) is 0 Å². The number of para-hydroxylation sites is 1. The molecule has 2 aliphatic heterocycles. The number of imidazole rings is 1. The Labute approximate surface area is 310 Å². The third kappa shape index (κ3) is 6.65. The molecule has 2 saturated heterocycles. The van der Waals surface area contributed by atoms with Crippen molar-refractivity contribution in [3.8, 4) is 5.88 Å². The average molecular weight is 738 g/mol. The molecule has 3 atom stereocenters. The van der Waals surface area contributed by atoms with E-state index < -0.39 is 18.1 Å². The van der Waals surface area contributed by atoms with Gasteiger partial charge in [0.25, 0.3) is 5.91 Å². The monoisotopic (exact) mass is 737 g/mol. The SMILES string of the molecule is COc1nc(NC(=O)c2cccc(C)n2)cc2cn([C@H]3CC[C@H](CN4CC[C@@H](c5cccc6c5n(C)c(=O)n6C5CCC(=O)NC5=O)[C@H](F)C4)CC3)nc12. The second kappa shape index (κ2) is 14.4. The Morgan fingerprint density at radius 2 is 1.83 bits per heavy atom. The smallest absolute Gasteiger partial charge is 0.329 e. The van der Waals surface area contributed by atoms with Gasteiger partial charge in [-0.1, -0.05) is 18.2 Å². The van der Waals surface area contributed by atoms with Gasteiger partial charge in [0, 0.05) is 49.8 Å². The molecule has 1 aliphatic carbocycles. The summed E-state index contributed by atoms with van der Waals surface area (Å²) in [5, 5.41) is 10.8. The number of halogens is 1. The van der Waals surface area contributed by atoms with Crippen LogP contribution in [0.1, 0.15) is 84.7 Å². The summed E-state index contributed by atoms with van der Waals surface area (Å²) in [6.07, 6.45) is 5.76. The molecule has 1 aromatic carbocycles. The summed E-state index contributed by atoms with van der Waals surface area (Å²) < 4.78 is 26.6. The van der Waals surface area contributed by atoms with E-state index in [2.05, 4.69) is 25.5 Å². The second-order valence-electron chi connectivity index (χ2n) is 14.9. The Hall–Kier alpha value is -5.44. The van der Waals surface area contributed by atoms with Gasteiger partial charge in [-0.05, 0) is 87.7 Å². The fourth-order valence-corrected chi connectivity index (χ4v) is 8.70. The number of anilines is 1. The second-order valence-corrected chi connectivity index (χ2v) is 14.9. The summed E-state index contributed by atoms with van der Waals surface area (Å²) in [7, 11) is 3.20. The molecule has 0 spiro atoms. The van der Waals surface area contributed by atoms with Crippen LogP contribution < -0.4 is 21.1 Å². The van der Waals surface area contributed by atoms with Gasteiger partial charge in [0.05, 0.1) is 24.2 Å². The van der Waals surface area contributed by atoms with E-state index in [1.807, 2.05) is 36.0 Å². The Bertz CT molecular complexity index is 2320. The van der Waals surface area contributed by atoms with Crippen molar-refractivity contribution in [2.45, 2.75) is 76.0 Å². The van der Waals surface area contributed by atoms with Crippen LogP contribution in [0.15, 0.2) is 53.5 Å². The number of nitrogens with zero attached hydrogens (tertiary/aromatic N) is 7. The Balaban J connectivity index is 0.899. The molecule has 5 aromatic rings. The number of imide groups is 1. The molecule has 3 fully saturated rings. The molecule has 4 aromatic heterocycles. The highest BCUT2D eigenvalue weighted by Gasteiger charge is 2.36. The van der Waals surface area contributed by atoms with E-state index in [9.17, 15) is 19.2 Å². The number of pyridine rings is 2. The highest BCUT2D eigenvalue weighted by Crippen LogP contribution is 2.38. The van der Waals surface area contributed by atoms with Crippen molar-refractivity contribution in [2.75, 3.05) is 32.1 Å².